The van der Waals surface area contributed by atoms with E-state index in [1.54, 1.807) is 6.92 Å². The van der Waals surface area contributed by atoms with Gasteiger partial charge in [0.15, 0.2) is 0 Å². The van der Waals surface area contributed by atoms with Crippen LogP contribution in [-0.4, -0.2) is 50.0 Å². The maximum Gasteiger partial charge on any atom is 0.143 e. The molecule has 1 saturated heterocycles. The molecule has 0 aliphatic carbocycles. The highest BCUT2D eigenvalue weighted by atomic mass is 16.5. The van der Waals surface area contributed by atoms with E-state index in [1.807, 2.05) is 25.1 Å². The van der Waals surface area contributed by atoms with Gasteiger partial charge in [0.25, 0.3) is 0 Å². The number of carbonyl (C=O) groups is 1. The van der Waals surface area contributed by atoms with Crippen LogP contribution in [-0.2, 0) is 4.79 Å². The number of anilines is 1. The molecule has 1 aromatic carbocycles. The second-order valence-electron chi connectivity index (χ2n) is 4.87. The van der Waals surface area contributed by atoms with Crippen LogP contribution in [0.2, 0.25) is 0 Å². The number of nitrogens with zero attached hydrogens (tertiary/aromatic N) is 2. The maximum absolute atomic E-state index is 11.1. The zero-order valence-electron chi connectivity index (χ0n) is 11.8. The number of piperazine rings is 1. The molecule has 104 valence electrons. The predicted octanol–water partition coefficient (Wildman–Crippen LogP) is 1.80. The lowest BCUT2D eigenvalue weighted by molar-refractivity contribution is -0.118. The van der Waals surface area contributed by atoms with Crippen molar-refractivity contribution >= 4 is 11.5 Å². The molecule has 1 heterocycles. The van der Waals surface area contributed by atoms with Crippen molar-refractivity contribution in [1.82, 2.24) is 4.90 Å². The highest BCUT2D eigenvalue weighted by Crippen LogP contribution is 2.28. The molecule has 2 rings (SSSR count). The Hall–Kier alpha value is -1.55. The summed E-state index contributed by atoms with van der Waals surface area (Å²) in [6.45, 7) is 8.65. The summed E-state index contributed by atoms with van der Waals surface area (Å²) < 4.78 is 5.67. The second kappa shape index (κ2) is 6.57. The third kappa shape index (κ3) is 3.70. The SMILES string of the molecule is CCOc1ccccc1N1CCN(CC(C)=O)CC1. The first kappa shape index (κ1) is 13.9. The molecule has 0 radical (unpaired) electrons. The van der Waals surface area contributed by atoms with Gasteiger partial charge >= 0.3 is 0 Å². The van der Waals surface area contributed by atoms with E-state index in [2.05, 4.69) is 15.9 Å². The monoisotopic (exact) mass is 262 g/mol. The molecule has 0 unspecified atom stereocenters. The maximum atomic E-state index is 11.1. The normalized spacial score (nSPS) is 16.4. The Kier molecular flexibility index (Phi) is 4.80. The number of carbonyl (C=O) groups excluding carboxylic acids is 1. The van der Waals surface area contributed by atoms with Gasteiger partial charge in [-0.25, -0.2) is 0 Å². The third-order valence-electron chi connectivity index (χ3n) is 3.32. The average Bonchev–Trinajstić information content (AvgIpc) is 2.40. The lowest BCUT2D eigenvalue weighted by atomic mass is 10.2. The summed E-state index contributed by atoms with van der Waals surface area (Å²) in [6.07, 6.45) is 0. The Morgan fingerprint density at radius 3 is 2.53 bits per heavy atom. The number of ether oxygens (including phenoxy) is 1. The predicted molar refractivity (Wildman–Crippen MR) is 76.9 cm³/mol. The van der Waals surface area contributed by atoms with Gasteiger partial charge in [0.1, 0.15) is 11.5 Å². The Balaban J connectivity index is 1.99. The van der Waals surface area contributed by atoms with Crippen LogP contribution < -0.4 is 9.64 Å². The summed E-state index contributed by atoms with van der Waals surface area (Å²) in [4.78, 5) is 15.7. The summed E-state index contributed by atoms with van der Waals surface area (Å²) in [5, 5.41) is 0. The quantitative estimate of drug-likeness (QED) is 0.810. The molecule has 0 saturated carbocycles. The summed E-state index contributed by atoms with van der Waals surface area (Å²) in [5.74, 6) is 1.19. The number of Topliss-reactive ketones (excluding diaryl/α,β-unsaturated/α-hetero) is 1. The minimum absolute atomic E-state index is 0.239. The first-order chi connectivity index (χ1) is 9.20. The lowest BCUT2D eigenvalue weighted by Crippen LogP contribution is -2.47. The average molecular weight is 262 g/mol. The van der Waals surface area contributed by atoms with Crippen LogP contribution in [0.3, 0.4) is 0 Å². The topological polar surface area (TPSA) is 32.8 Å². The van der Waals surface area contributed by atoms with Crippen LogP contribution in [0.5, 0.6) is 5.75 Å². The van der Waals surface area contributed by atoms with Crippen molar-refractivity contribution in [3.8, 4) is 5.75 Å². The fourth-order valence-corrected chi connectivity index (χ4v) is 2.46. The van der Waals surface area contributed by atoms with Gasteiger partial charge in [0.2, 0.25) is 0 Å². The van der Waals surface area contributed by atoms with Crippen molar-refractivity contribution in [3.05, 3.63) is 24.3 Å². The Morgan fingerprint density at radius 1 is 1.21 bits per heavy atom. The van der Waals surface area contributed by atoms with Gasteiger partial charge in [-0.1, -0.05) is 12.1 Å². The van der Waals surface area contributed by atoms with E-state index in [0.717, 1.165) is 37.6 Å². The highest BCUT2D eigenvalue weighted by Gasteiger charge is 2.19. The third-order valence-corrected chi connectivity index (χ3v) is 3.32. The van der Waals surface area contributed by atoms with Crippen LogP contribution in [0.1, 0.15) is 13.8 Å². The second-order valence-corrected chi connectivity index (χ2v) is 4.87. The molecular weight excluding hydrogens is 240 g/mol. The van der Waals surface area contributed by atoms with Crippen LogP contribution in [0.15, 0.2) is 24.3 Å². The summed E-state index contributed by atoms with van der Waals surface area (Å²) >= 11 is 0. The van der Waals surface area contributed by atoms with Crippen molar-refractivity contribution in [3.63, 3.8) is 0 Å². The Bertz CT molecular complexity index is 426. The van der Waals surface area contributed by atoms with Crippen molar-refractivity contribution < 1.29 is 9.53 Å². The number of hydrogen-bond acceptors (Lipinski definition) is 4. The van der Waals surface area contributed by atoms with Gasteiger partial charge in [0, 0.05) is 26.2 Å². The lowest BCUT2D eigenvalue weighted by Gasteiger charge is -2.36. The van der Waals surface area contributed by atoms with Crippen molar-refractivity contribution in [2.24, 2.45) is 0 Å². The fraction of sp³-hybridized carbons (Fsp3) is 0.533. The number of rotatable bonds is 5. The Morgan fingerprint density at radius 2 is 1.89 bits per heavy atom. The van der Waals surface area contributed by atoms with Crippen LogP contribution in [0.25, 0.3) is 0 Å². The van der Waals surface area contributed by atoms with E-state index in [9.17, 15) is 4.79 Å². The minimum Gasteiger partial charge on any atom is -0.492 e. The van der Waals surface area contributed by atoms with Gasteiger partial charge in [-0.15, -0.1) is 0 Å². The van der Waals surface area contributed by atoms with Crippen molar-refractivity contribution in [2.75, 3.05) is 44.2 Å². The molecule has 1 aromatic rings. The molecule has 1 aliphatic heterocycles. The zero-order valence-corrected chi connectivity index (χ0v) is 11.8. The summed E-state index contributed by atoms with van der Waals surface area (Å²) in [7, 11) is 0. The zero-order chi connectivity index (χ0) is 13.7. The Labute approximate surface area is 115 Å². The van der Waals surface area contributed by atoms with Gasteiger partial charge < -0.3 is 9.64 Å². The van der Waals surface area contributed by atoms with Gasteiger partial charge in [0.05, 0.1) is 18.8 Å². The molecule has 1 aliphatic rings. The molecule has 1 fully saturated rings. The molecule has 0 bridgehead atoms. The first-order valence-corrected chi connectivity index (χ1v) is 6.89. The number of para-hydroxylation sites is 2. The van der Waals surface area contributed by atoms with E-state index < -0.39 is 0 Å². The molecule has 0 N–H and O–H groups in total. The van der Waals surface area contributed by atoms with E-state index in [-0.39, 0.29) is 5.78 Å². The molecule has 19 heavy (non-hydrogen) atoms. The molecule has 4 heteroatoms. The molecule has 0 amide bonds. The molecular formula is C15H22N2O2. The number of ketones is 1. The van der Waals surface area contributed by atoms with E-state index >= 15 is 0 Å². The van der Waals surface area contributed by atoms with Gasteiger partial charge in [-0.05, 0) is 26.0 Å². The van der Waals surface area contributed by atoms with Gasteiger partial charge in [-0.2, -0.15) is 0 Å². The first-order valence-electron chi connectivity index (χ1n) is 6.89. The molecule has 0 atom stereocenters. The fourth-order valence-electron chi connectivity index (χ4n) is 2.46. The smallest absolute Gasteiger partial charge is 0.143 e. The van der Waals surface area contributed by atoms with Crippen molar-refractivity contribution in [2.45, 2.75) is 13.8 Å². The summed E-state index contributed by atoms with van der Waals surface area (Å²) in [5.41, 5.74) is 1.16. The number of hydrogen-bond donors (Lipinski definition) is 0. The van der Waals surface area contributed by atoms with Crippen LogP contribution >= 0.6 is 0 Å². The highest BCUT2D eigenvalue weighted by molar-refractivity contribution is 5.77. The molecule has 0 aromatic heterocycles. The van der Waals surface area contributed by atoms with Gasteiger partial charge in [-0.3, -0.25) is 9.69 Å². The summed E-state index contributed by atoms with van der Waals surface area (Å²) in [6, 6.07) is 8.16. The molecule has 4 nitrogen and oxygen atoms in total. The largest absolute Gasteiger partial charge is 0.492 e. The van der Waals surface area contributed by atoms with Crippen molar-refractivity contribution in [1.29, 1.82) is 0 Å². The van der Waals surface area contributed by atoms with E-state index in [4.69, 9.17) is 4.74 Å². The standard InChI is InChI=1S/C15H22N2O2/c1-3-19-15-7-5-4-6-14(15)17-10-8-16(9-11-17)12-13(2)18/h4-7H,3,8-12H2,1-2H3. The number of benzene rings is 1. The van der Waals surface area contributed by atoms with E-state index in [1.165, 1.54) is 0 Å². The van der Waals surface area contributed by atoms with E-state index in [0.29, 0.717) is 13.2 Å². The minimum atomic E-state index is 0.239. The van der Waals surface area contributed by atoms with Crippen LogP contribution in [0, 0.1) is 0 Å². The van der Waals surface area contributed by atoms with Crippen LogP contribution in [0.4, 0.5) is 5.69 Å². The molecule has 0 spiro atoms.